The standard InChI is InChI=1S/C16H11Cl3O3/c17-13-5-6-14(18)16(19)12(13)9-22-11-3-1-2-10(8-11)4-7-15(20)21/h1-8H,9H2,(H,20,21). The maximum absolute atomic E-state index is 10.5. The molecule has 0 atom stereocenters. The van der Waals surface area contributed by atoms with Crippen molar-refractivity contribution in [2.45, 2.75) is 6.61 Å². The second kappa shape index (κ2) is 7.54. The molecule has 114 valence electrons. The zero-order chi connectivity index (χ0) is 16.1. The Bertz CT molecular complexity index is 727. The third-order valence-electron chi connectivity index (χ3n) is 2.80. The Labute approximate surface area is 142 Å². The van der Waals surface area contributed by atoms with Gasteiger partial charge in [0.25, 0.3) is 0 Å². The van der Waals surface area contributed by atoms with Gasteiger partial charge >= 0.3 is 5.97 Å². The van der Waals surface area contributed by atoms with E-state index in [1.807, 2.05) is 0 Å². The SMILES string of the molecule is O=C(O)C=Cc1cccc(OCc2c(Cl)ccc(Cl)c2Cl)c1. The average Bonchev–Trinajstić information content (AvgIpc) is 2.49. The lowest BCUT2D eigenvalue weighted by molar-refractivity contribution is -0.131. The van der Waals surface area contributed by atoms with Gasteiger partial charge in [0, 0.05) is 16.7 Å². The van der Waals surface area contributed by atoms with Gasteiger partial charge in [-0.05, 0) is 35.9 Å². The summed E-state index contributed by atoms with van der Waals surface area (Å²) in [5.41, 5.74) is 1.31. The molecule has 0 aromatic heterocycles. The molecule has 2 aromatic carbocycles. The van der Waals surface area contributed by atoms with E-state index in [1.165, 1.54) is 6.08 Å². The maximum Gasteiger partial charge on any atom is 0.328 e. The Morgan fingerprint density at radius 3 is 2.59 bits per heavy atom. The van der Waals surface area contributed by atoms with Crippen molar-refractivity contribution in [2.75, 3.05) is 0 Å². The summed E-state index contributed by atoms with van der Waals surface area (Å²) >= 11 is 18.1. The predicted molar refractivity (Wildman–Crippen MR) is 88.9 cm³/mol. The second-order valence-corrected chi connectivity index (χ2v) is 5.55. The largest absolute Gasteiger partial charge is 0.489 e. The third kappa shape index (κ3) is 4.41. The molecular formula is C16H11Cl3O3. The number of benzene rings is 2. The fourth-order valence-corrected chi connectivity index (χ4v) is 2.39. The normalized spacial score (nSPS) is 10.9. The molecule has 0 heterocycles. The molecule has 0 aliphatic rings. The summed E-state index contributed by atoms with van der Waals surface area (Å²) in [5.74, 6) is -0.441. The molecule has 1 N–H and O–H groups in total. The van der Waals surface area contributed by atoms with Gasteiger partial charge in [0.15, 0.2) is 0 Å². The smallest absolute Gasteiger partial charge is 0.328 e. The van der Waals surface area contributed by atoms with E-state index < -0.39 is 5.97 Å². The molecule has 22 heavy (non-hydrogen) atoms. The first-order valence-electron chi connectivity index (χ1n) is 6.23. The summed E-state index contributed by atoms with van der Waals surface area (Å²) in [6.45, 7) is 0.157. The lowest BCUT2D eigenvalue weighted by atomic mass is 10.2. The zero-order valence-electron chi connectivity index (χ0n) is 11.2. The topological polar surface area (TPSA) is 46.5 Å². The van der Waals surface area contributed by atoms with E-state index in [1.54, 1.807) is 36.4 Å². The summed E-state index contributed by atoms with van der Waals surface area (Å²) in [7, 11) is 0. The zero-order valence-corrected chi connectivity index (χ0v) is 13.5. The highest BCUT2D eigenvalue weighted by atomic mass is 35.5. The maximum atomic E-state index is 10.5. The molecule has 0 saturated carbocycles. The third-order valence-corrected chi connectivity index (χ3v) is 4.00. The van der Waals surface area contributed by atoms with E-state index in [9.17, 15) is 4.79 Å². The summed E-state index contributed by atoms with van der Waals surface area (Å²) in [6, 6.07) is 10.3. The molecule has 0 unspecified atom stereocenters. The van der Waals surface area contributed by atoms with Gasteiger partial charge in [-0.2, -0.15) is 0 Å². The summed E-state index contributed by atoms with van der Waals surface area (Å²) in [4.78, 5) is 10.5. The van der Waals surface area contributed by atoms with Crippen molar-refractivity contribution in [1.29, 1.82) is 0 Å². The van der Waals surface area contributed by atoms with Crippen LogP contribution in [0, 0.1) is 0 Å². The lowest BCUT2D eigenvalue weighted by Crippen LogP contribution is -1.98. The molecule has 0 bridgehead atoms. The van der Waals surface area contributed by atoms with Crippen LogP contribution in [0.1, 0.15) is 11.1 Å². The Hall–Kier alpha value is -1.68. The van der Waals surface area contributed by atoms with E-state index in [0.717, 1.165) is 6.08 Å². The monoisotopic (exact) mass is 356 g/mol. The fraction of sp³-hybridized carbons (Fsp3) is 0.0625. The van der Waals surface area contributed by atoms with Crippen LogP contribution >= 0.6 is 34.8 Å². The van der Waals surface area contributed by atoms with Crippen LogP contribution in [-0.4, -0.2) is 11.1 Å². The van der Waals surface area contributed by atoms with Crippen molar-refractivity contribution in [3.05, 3.63) is 68.7 Å². The second-order valence-electron chi connectivity index (χ2n) is 4.35. The van der Waals surface area contributed by atoms with Gasteiger partial charge in [-0.15, -0.1) is 0 Å². The molecule has 0 spiro atoms. The molecule has 3 nitrogen and oxygen atoms in total. The first kappa shape index (κ1) is 16.7. The highest BCUT2D eigenvalue weighted by molar-refractivity contribution is 6.44. The molecule has 0 radical (unpaired) electrons. The van der Waals surface area contributed by atoms with Crippen molar-refractivity contribution in [3.8, 4) is 5.75 Å². The van der Waals surface area contributed by atoms with Crippen molar-refractivity contribution in [1.82, 2.24) is 0 Å². The summed E-state index contributed by atoms with van der Waals surface area (Å²) in [5, 5.41) is 9.86. The van der Waals surface area contributed by atoms with Gasteiger partial charge in [0.05, 0.1) is 10.0 Å². The molecule has 6 heteroatoms. The van der Waals surface area contributed by atoms with Crippen LogP contribution in [0.4, 0.5) is 0 Å². The van der Waals surface area contributed by atoms with Crippen molar-refractivity contribution < 1.29 is 14.6 Å². The molecule has 0 aliphatic heterocycles. The Morgan fingerprint density at radius 1 is 1.14 bits per heavy atom. The van der Waals surface area contributed by atoms with Crippen LogP contribution < -0.4 is 4.74 Å². The van der Waals surface area contributed by atoms with Crippen molar-refractivity contribution >= 4 is 46.8 Å². The minimum atomic E-state index is -1.01. The van der Waals surface area contributed by atoms with Crippen LogP contribution in [0.3, 0.4) is 0 Å². The Kier molecular flexibility index (Phi) is 5.72. The first-order chi connectivity index (χ1) is 10.5. The van der Waals surface area contributed by atoms with E-state index in [2.05, 4.69) is 0 Å². The average molecular weight is 358 g/mol. The van der Waals surface area contributed by atoms with Crippen LogP contribution in [0.25, 0.3) is 6.08 Å². The number of halogens is 3. The van der Waals surface area contributed by atoms with Crippen LogP contribution in [0.15, 0.2) is 42.5 Å². The van der Waals surface area contributed by atoms with Gasteiger partial charge in [-0.1, -0.05) is 46.9 Å². The number of carbonyl (C=O) groups is 1. The van der Waals surface area contributed by atoms with Gasteiger partial charge in [-0.25, -0.2) is 4.79 Å². The fourth-order valence-electron chi connectivity index (χ4n) is 1.73. The predicted octanol–water partition coefficient (Wildman–Crippen LogP) is 5.32. The lowest BCUT2D eigenvalue weighted by Gasteiger charge is -2.11. The van der Waals surface area contributed by atoms with E-state index in [-0.39, 0.29) is 6.61 Å². The molecule has 0 amide bonds. The minimum absolute atomic E-state index is 0.157. The van der Waals surface area contributed by atoms with Crippen molar-refractivity contribution in [2.24, 2.45) is 0 Å². The van der Waals surface area contributed by atoms with Crippen LogP contribution in [-0.2, 0) is 11.4 Å². The van der Waals surface area contributed by atoms with E-state index in [0.29, 0.717) is 31.9 Å². The molecular weight excluding hydrogens is 347 g/mol. The number of rotatable bonds is 5. The Morgan fingerprint density at radius 2 is 1.86 bits per heavy atom. The number of hydrogen-bond acceptors (Lipinski definition) is 2. The summed E-state index contributed by atoms with van der Waals surface area (Å²) in [6.07, 6.45) is 2.54. The molecule has 2 rings (SSSR count). The quantitative estimate of drug-likeness (QED) is 0.581. The van der Waals surface area contributed by atoms with Gasteiger partial charge in [0.1, 0.15) is 12.4 Å². The molecule has 0 saturated heterocycles. The van der Waals surface area contributed by atoms with Gasteiger partial charge in [0.2, 0.25) is 0 Å². The summed E-state index contributed by atoms with van der Waals surface area (Å²) < 4.78 is 5.65. The van der Waals surface area contributed by atoms with Crippen LogP contribution in [0.5, 0.6) is 5.75 Å². The van der Waals surface area contributed by atoms with E-state index >= 15 is 0 Å². The van der Waals surface area contributed by atoms with Gasteiger partial charge < -0.3 is 9.84 Å². The van der Waals surface area contributed by atoms with E-state index in [4.69, 9.17) is 44.6 Å². The highest BCUT2D eigenvalue weighted by Gasteiger charge is 2.10. The molecule has 0 fully saturated rings. The highest BCUT2D eigenvalue weighted by Crippen LogP contribution is 2.32. The first-order valence-corrected chi connectivity index (χ1v) is 7.37. The van der Waals surface area contributed by atoms with Crippen LogP contribution in [0.2, 0.25) is 15.1 Å². The number of ether oxygens (including phenoxy) is 1. The minimum Gasteiger partial charge on any atom is -0.489 e. The Balaban J connectivity index is 2.14. The number of carboxylic acids is 1. The molecule has 2 aromatic rings. The molecule has 0 aliphatic carbocycles. The van der Waals surface area contributed by atoms with Gasteiger partial charge in [-0.3, -0.25) is 0 Å². The number of hydrogen-bond donors (Lipinski definition) is 1. The van der Waals surface area contributed by atoms with Crippen molar-refractivity contribution in [3.63, 3.8) is 0 Å². The number of carboxylic acid groups (broad SMARTS) is 1. The number of aliphatic carboxylic acids is 1.